The van der Waals surface area contributed by atoms with Crippen LogP contribution in [-0.4, -0.2) is 32.4 Å². The van der Waals surface area contributed by atoms with Gasteiger partial charge in [-0.1, -0.05) is 30.3 Å². The Morgan fingerprint density at radius 1 is 0.926 bits per heavy atom. The molecule has 145 valence electrons. The first-order valence-electron chi connectivity index (χ1n) is 8.69. The maximum absolute atomic E-state index is 8.56. The molecule has 2 atom stereocenters. The van der Waals surface area contributed by atoms with Gasteiger partial charge in [-0.15, -0.1) is 35.9 Å². The molecule has 2 unspecified atom stereocenters. The molecular formula is C22H25IrN2O2-. The van der Waals surface area contributed by atoms with Gasteiger partial charge in [-0.25, -0.2) is 0 Å². The summed E-state index contributed by atoms with van der Waals surface area (Å²) in [5.74, 6) is 0. The number of aliphatic hydroxyl groups excluding tert-OH is 2. The van der Waals surface area contributed by atoms with Crippen LogP contribution in [0.3, 0.4) is 0 Å². The van der Waals surface area contributed by atoms with Crippen molar-refractivity contribution in [1.29, 1.82) is 0 Å². The smallest absolute Gasteiger partial charge is 0.0550 e. The van der Waals surface area contributed by atoms with E-state index in [1.165, 1.54) is 0 Å². The first-order chi connectivity index (χ1) is 12.5. The fourth-order valence-corrected chi connectivity index (χ4v) is 2.51. The number of aryl methyl sites for hydroxylation is 1. The van der Waals surface area contributed by atoms with E-state index in [2.05, 4.69) is 28.2 Å². The summed E-state index contributed by atoms with van der Waals surface area (Å²) in [5, 5.41) is 17.1. The molecule has 1 heterocycles. The zero-order chi connectivity index (χ0) is 18.9. The molecule has 3 aromatic rings. The van der Waals surface area contributed by atoms with Crippen LogP contribution < -0.4 is 0 Å². The predicted molar refractivity (Wildman–Crippen MR) is 104 cm³/mol. The summed E-state index contributed by atoms with van der Waals surface area (Å²) >= 11 is 0. The second-order valence-electron chi connectivity index (χ2n) is 6.28. The van der Waals surface area contributed by atoms with Crippen molar-refractivity contribution in [2.45, 2.75) is 39.4 Å². The Morgan fingerprint density at radius 2 is 1.56 bits per heavy atom. The van der Waals surface area contributed by atoms with Crippen LogP contribution in [0.5, 0.6) is 0 Å². The Morgan fingerprint density at radius 3 is 2.07 bits per heavy atom. The maximum Gasteiger partial charge on any atom is 0.0550 e. The van der Waals surface area contributed by atoms with Crippen molar-refractivity contribution in [3.63, 3.8) is 0 Å². The summed E-state index contributed by atoms with van der Waals surface area (Å²) in [6.07, 6.45) is 1.52. The molecule has 27 heavy (non-hydrogen) atoms. The third kappa shape index (κ3) is 7.69. The van der Waals surface area contributed by atoms with Gasteiger partial charge in [0.05, 0.1) is 23.6 Å². The molecule has 4 nitrogen and oxygen atoms in total. The molecule has 5 heteroatoms. The molecular weight excluding hydrogens is 516 g/mol. The standard InChI is InChI=1S/C17H13N2.C5H12O2.Ir/c1-13-12-18-16(14-8-4-2-5-9-14)17(19-13)15-10-6-3-7-11-15;1-4(6)3-5(2)7;/h2-8,10-12H,1H3;4-7H,3H2,1-2H3;/q-1;;. The summed E-state index contributed by atoms with van der Waals surface area (Å²) in [6.45, 7) is 5.28. The summed E-state index contributed by atoms with van der Waals surface area (Å²) in [7, 11) is 0. The normalized spacial score (nSPS) is 12.2. The van der Waals surface area contributed by atoms with E-state index in [1.54, 1.807) is 20.0 Å². The monoisotopic (exact) mass is 542 g/mol. The van der Waals surface area contributed by atoms with Gasteiger partial charge in [0, 0.05) is 32.0 Å². The van der Waals surface area contributed by atoms with Crippen LogP contribution in [-0.2, 0) is 20.1 Å². The quantitative estimate of drug-likeness (QED) is 0.489. The summed E-state index contributed by atoms with van der Waals surface area (Å²) in [6, 6.07) is 21.2. The van der Waals surface area contributed by atoms with Gasteiger partial charge in [0.1, 0.15) is 0 Å². The molecule has 2 N–H and O–H groups in total. The third-order valence-electron chi connectivity index (χ3n) is 3.59. The molecule has 0 aliphatic heterocycles. The third-order valence-corrected chi connectivity index (χ3v) is 3.59. The molecule has 2 aromatic carbocycles. The molecule has 0 fully saturated rings. The van der Waals surface area contributed by atoms with Gasteiger partial charge in [0.25, 0.3) is 0 Å². The number of aliphatic hydroxyl groups is 2. The predicted octanol–water partition coefficient (Wildman–Crippen LogP) is 4.05. The van der Waals surface area contributed by atoms with Crippen molar-refractivity contribution in [1.82, 2.24) is 9.97 Å². The minimum atomic E-state index is -0.375. The second kappa shape index (κ2) is 11.7. The van der Waals surface area contributed by atoms with Gasteiger partial charge in [-0.2, -0.15) is 0 Å². The minimum Gasteiger partial charge on any atom is -0.393 e. The minimum absolute atomic E-state index is 0. The van der Waals surface area contributed by atoms with Crippen LogP contribution in [0, 0.1) is 13.0 Å². The number of hydrogen-bond donors (Lipinski definition) is 2. The van der Waals surface area contributed by atoms with Crippen molar-refractivity contribution < 1.29 is 30.3 Å². The van der Waals surface area contributed by atoms with Crippen LogP contribution in [0.1, 0.15) is 26.0 Å². The van der Waals surface area contributed by atoms with Crippen LogP contribution in [0.15, 0.2) is 60.8 Å². The van der Waals surface area contributed by atoms with Gasteiger partial charge < -0.3 is 15.2 Å². The maximum atomic E-state index is 8.56. The largest absolute Gasteiger partial charge is 0.393 e. The Balaban J connectivity index is 0.000000395. The average molecular weight is 542 g/mol. The van der Waals surface area contributed by atoms with E-state index in [9.17, 15) is 0 Å². The van der Waals surface area contributed by atoms with E-state index in [0.29, 0.717) is 6.42 Å². The average Bonchev–Trinajstić information content (AvgIpc) is 2.62. The molecule has 0 aliphatic rings. The first-order valence-corrected chi connectivity index (χ1v) is 8.69. The van der Waals surface area contributed by atoms with Gasteiger partial charge in [0.15, 0.2) is 0 Å². The molecule has 1 radical (unpaired) electrons. The van der Waals surface area contributed by atoms with Crippen LogP contribution >= 0.6 is 0 Å². The molecule has 3 rings (SSSR count). The van der Waals surface area contributed by atoms with E-state index >= 15 is 0 Å². The molecule has 0 saturated heterocycles. The van der Waals surface area contributed by atoms with Crippen molar-refractivity contribution in [2.75, 3.05) is 0 Å². The SMILES string of the molecule is CC(O)CC(C)O.Cc1cnc(-c2[c-]cccc2)c(-c2ccccc2)n1.[Ir]. The van der Waals surface area contributed by atoms with Gasteiger partial charge in [0.2, 0.25) is 0 Å². The van der Waals surface area contributed by atoms with E-state index in [-0.39, 0.29) is 32.3 Å². The Kier molecular flexibility index (Phi) is 10.0. The van der Waals surface area contributed by atoms with Crippen molar-refractivity contribution in [3.8, 4) is 22.5 Å². The number of hydrogen-bond acceptors (Lipinski definition) is 4. The van der Waals surface area contributed by atoms with Gasteiger partial charge in [-0.3, -0.25) is 4.98 Å². The van der Waals surface area contributed by atoms with E-state index < -0.39 is 0 Å². The number of nitrogens with zero attached hydrogens (tertiary/aromatic N) is 2. The molecule has 0 spiro atoms. The molecule has 0 bridgehead atoms. The summed E-state index contributed by atoms with van der Waals surface area (Å²) in [4.78, 5) is 9.17. The van der Waals surface area contributed by atoms with E-state index in [4.69, 9.17) is 10.2 Å². The summed E-state index contributed by atoms with van der Waals surface area (Å²) in [5.41, 5.74) is 4.73. The van der Waals surface area contributed by atoms with Crippen molar-refractivity contribution >= 4 is 0 Å². The molecule has 0 saturated carbocycles. The second-order valence-corrected chi connectivity index (χ2v) is 6.28. The zero-order valence-electron chi connectivity index (χ0n) is 15.8. The fraction of sp³-hybridized carbons (Fsp3) is 0.273. The van der Waals surface area contributed by atoms with E-state index in [0.717, 1.165) is 28.2 Å². The molecule has 0 amide bonds. The van der Waals surface area contributed by atoms with E-state index in [1.807, 2.05) is 49.4 Å². The van der Waals surface area contributed by atoms with Crippen LogP contribution in [0.25, 0.3) is 22.5 Å². The number of rotatable bonds is 4. The van der Waals surface area contributed by atoms with Gasteiger partial charge in [-0.05, 0) is 32.8 Å². The van der Waals surface area contributed by atoms with Crippen LogP contribution in [0.2, 0.25) is 0 Å². The fourth-order valence-electron chi connectivity index (χ4n) is 2.51. The van der Waals surface area contributed by atoms with Gasteiger partial charge >= 0.3 is 0 Å². The zero-order valence-corrected chi connectivity index (χ0v) is 18.2. The van der Waals surface area contributed by atoms with Crippen molar-refractivity contribution in [3.05, 3.63) is 72.6 Å². The first kappa shape index (κ1) is 23.1. The van der Waals surface area contributed by atoms with Crippen LogP contribution in [0.4, 0.5) is 0 Å². The molecule has 0 aliphatic carbocycles. The Labute approximate surface area is 174 Å². The molecule has 1 aromatic heterocycles. The summed E-state index contributed by atoms with van der Waals surface area (Å²) < 4.78 is 0. The topological polar surface area (TPSA) is 66.2 Å². The Hall–Kier alpha value is -1.91. The number of aromatic nitrogens is 2. The Bertz CT molecular complexity index is 788. The van der Waals surface area contributed by atoms with Crippen molar-refractivity contribution in [2.24, 2.45) is 0 Å². The number of benzene rings is 2.